The summed E-state index contributed by atoms with van der Waals surface area (Å²) < 4.78 is 13.7. The molecule has 1 saturated carbocycles. The molecule has 0 aliphatic heterocycles. The molecule has 0 aromatic heterocycles. The number of amides is 1. The number of carbonyl (C=O) groups is 1. The standard InChI is InChI=1S/C14H20FN3O/c1-8-12(15)6-9(14(17)19)7-13(8)18-11-4-2-10(16)3-5-11/h6-7,10-11,18H,2-5,16H2,1H3,(H2,17,19). The third-order valence-electron chi connectivity index (χ3n) is 3.76. The second kappa shape index (κ2) is 5.57. The zero-order valence-corrected chi connectivity index (χ0v) is 11.1. The average molecular weight is 265 g/mol. The van der Waals surface area contributed by atoms with Crippen LogP contribution in [0, 0.1) is 12.7 Å². The molecule has 0 atom stereocenters. The third kappa shape index (κ3) is 3.23. The monoisotopic (exact) mass is 265 g/mol. The van der Waals surface area contributed by atoms with Gasteiger partial charge in [-0.05, 0) is 44.7 Å². The van der Waals surface area contributed by atoms with E-state index in [1.807, 2.05) is 0 Å². The number of hydrogen-bond donors (Lipinski definition) is 3. The number of benzene rings is 1. The van der Waals surface area contributed by atoms with E-state index in [2.05, 4.69) is 5.32 Å². The summed E-state index contributed by atoms with van der Waals surface area (Å²) in [5.41, 5.74) is 12.4. The van der Waals surface area contributed by atoms with E-state index in [1.54, 1.807) is 13.0 Å². The van der Waals surface area contributed by atoms with Gasteiger partial charge in [-0.25, -0.2) is 4.39 Å². The van der Waals surface area contributed by atoms with Gasteiger partial charge in [0.25, 0.3) is 0 Å². The number of hydrogen-bond acceptors (Lipinski definition) is 3. The number of rotatable bonds is 3. The van der Waals surface area contributed by atoms with Gasteiger partial charge in [-0.15, -0.1) is 0 Å². The molecule has 1 aliphatic carbocycles. The van der Waals surface area contributed by atoms with E-state index in [-0.39, 0.29) is 17.6 Å². The van der Waals surface area contributed by atoms with E-state index in [0.717, 1.165) is 25.7 Å². The molecule has 0 unspecified atom stereocenters. The summed E-state index contributed by atoms with van der Waals surface area (Å²) in [5, 5.41) is 3.30. The summed E-state index contributed by atoms with van der Waals surface area (Å²) in [7, 11) is 0. The van der Waals surface area contributed by atoms with Crippen molar-refractivity contribution in [2.75, 3.05) is 5.32 Å². The van der Waals surface area contributed by atoms with E-state index < -0.39 is 11.7 Å². The fourth-order valence-electron chi connectivity index (χ4n) is 2.45. The van der Waals surface area contributed by atoms with Gasteiger partial charge in [-0.1, -0.05) is 0 Å². The van der Waals surface area contributed by atoms with Gasteiger partial charge in [0.2, 0.25) is 5.91 Å². The lowest BCUT2D eigenvalue weighted by Crippen LogP contribution is -2.33. The molecule has 104 valence electrons. The Hall–Kier alpha value is -1.62. The minimum Gasteiger partial charge on any atom is -0.382 e. The van der Waals surface area contributed by atoms with Crippen molar-refractivity contribution < 1.29 is 9.18 Å². The first kappa shape index (κ1) is 13.8. The summed E-state index contributed by atoms with van der Waals surface area (Å²) in [4.78, 5) is 11.2. The number of nitrogens with one attached hydrogen (secondary N) is 1. The van der Waals surface area contributed by atoms with Crippen LogP contribution in [-0.2, 0) is 0 Å². The van der Waals surface area contributed by atoms with Crippen LogP contribution in [0.3, 0.4) is 0 Å². The van der Waals surface area contributed by atoms with Gasteiger partial charge in [0.1, 0.15) is 5.82 Å². The zero-order valence-electron chi connectivity index (χ0n) is 11.1. The van der Waals surface area contributed by atoms with Crippen LogP contribution in [0.2, 0.25) is 0 Å². The van der Waals surface area contributed by atoms with Crippen molar-refractivity contribution in [1.29, 1.82) is 0 Å². The molecule has 1 aromatic carbocycles. The van der Waals surface area contributed by atoms with Crippen molar-refractivity contribution in [1.82, 2.24) is 0 Å². The molecule has 19 heavy (non-hydrogen) atoms. The van der Waals surface area contributed by atoms with Crippen molar-refractivity contribution in [3.63, 3.8) is 0 Å². The molecule has 5 heteroatoms. The van der Waals surface area contributed by atoms with Crippen LogP contribution in [-0.4, -0.2) is 18.0 Å². The first-order valence-corrected chi connectivity index (χ1v) is 6.59. The fraction of sp³-hybridized carbons (Fsp3) is 0.500. The van der Waals surface area contributed by atoms with Crippen molar-refractivity contribution >= 4 is 11.6 Å². The Morgan fingerprint density at radius 1 is 1.32 bits per heavy atom. The Morgan fingerprint density at radius 2 is 1.95 bits per heavy atom. The van der Waals surface area contributed by atoms with Crippen LogP contribution < -0.4 is 16.8 Å². The maximum atomic E-state index is 13.7. The summed E-state index contributed by atoms with van der Waals surface area (Å²) in [5.74, 6) is -1.03. The molecule has 4 nitrogen and oxygen atoms in total. The lowest BCUT2D eigenvalue weighted by molar-refractivity contribution is 0.1000. The lowest BCUT2D eigenvalue weighted by atomic mass is 9.91. The Morgan fingerprint density at radius 3 is 2.53 bits per heavy atom. The highest BCUT2D eigenvalue weighted by Crippen LogP contribution is 2.25. The molecule has 1 amide bonds. The van der Waals surface area contributed by atoms with Crippen LogP contribution in [0.1, 0.15) is 41.6 Å². The van der Waals surface area contributed by atoms with Gasteiger partial charge >= 0.3 is 0 Å². The maximum absolute atomic E-state index is 13.7. The predicted octanol–water partition coefficient (Wildman–Crippen LogP) is 1.91. The minimum atomic E-state index is -0.618. The molecule has 0 bridgehead atoms. The molecular weight excluding hydrogens is 245 g/mol. The summed E-state index contributed by atoms with van der Waals surface area (Å²) in [6.07, 6.45) is 3.86. The SMILES string of the molecule is Cc1c(F)cc(C(N)=O)cc1NC1CCC(N)CC1. The Bertz CT molecular complexity index is 482. The Kier molecular flexibility index (Phi) is 4.04. The van der Waals surface area contributed by atoms with Crippen molar-refractivity contribution in [2.45, 2.75) is 44.7 Å². The van der Waals surface area contributed by atoms with Crippen LogP contribution in [0.25, 0.3) is 0 Å². The predicted molar refractivity (Wildman–Crippen MR) is 73.5 cm³/mol. The molecule has 0 radical (unpaired) electrons. The van der Waals surface area contributed by atoms with E-state index in [4.69, 9.17) is 11.5 Å². The summed E-state index contributed by atoms with van der Waals surface area (Å²) >= 11 is 0. The molecule has 1 fully saturated rings. The third-order valence-corrected chi connectivity index (χ3v) is 3.76. The largest absolute Gasteiger partial charge is 0.382 e. The lowest BCUT2D eigenvalue weighted by Gasteiger charge is -2.28. The first-order valence-electron chi connectivity index (χ1n) is 6.59. The van der Waals surface area contributed by atoms with Crippen LogP contribution in [0.4, 0.5) is 10.1 Å². The molecule has 0 saturated heterocycles. The quantitative estimate of drug-likeness (QED) is 0.781. The second-order valence-corrected chi connectivity index (χ2v) is 5.25. The van der Waals surface area contributed by atoms with Crippen molar-refractivity contribution in [2.24, 2.45) is 11.5 Å². The zero-order chi connectivity index (χ0) is 14.0. The molecule has 0 heterocycles. The molecule has 5 N–H and O–H groups in total. The number of anilines is 1. The van der Waals surface area contributed by atoms with E-state index in [9.17, 15) is 9.18 Å². The van der Waals surface area contributed by atoms with Gasteiger partial charge in [0.05, 0.1) is 0 Å². The summed E-state index contributed by atoms with van der Waals surface area (Å²) in [6.45, 7) is 1.69. The van der Waals surface area contributed by atoms with Gasteiger partial charge in [0.15, 0.2) is 0 Å². The molecule has 1 aliphatic rings. The molecular formula is C14H20FN3O. The van der Waals surface area contributed by atoms with Crippen LogP contribution >= 0.6 is 0 Å². The van der Waals surface area contributed by atoms with Gasteiger partial charge in [-0.2, -0.15) is 0 Å². The number of nitrogens with two attached hydrogens (primary N) is 2. The molecule has 0 spiro atoms. The number of halogens is 1. The summed E-state index contributed by atoms with van der Waals surface area (Å²) in [6, 6.07) is 3.35. The van der Waals surface area contributed by atoms with Gasteiger partial charge in [0, 0.05) is 28.9 Å². The fourth-order valence-corrected chi connectivity index (χ4v) is 2.45. The van der Waals surface area contributed by atoms with Crippen LogP contribution in [0.15, 0.2) is 12.1 Å². The smallest absolute Gasteiger partial charge is 0.248 e. The number of carbonyl (C=O) groups excluding carboxylic acids is 1. The topological polar surface area (TPSA) is 81.1 Å². The van der Waals surface area contributed by atoms with Crippen molar-refractivity contribution in [3.05, 3.63) is 29.1 Å². The minimum absolute atomic E-state index is 0.193. The first-order chi connectivity index (χ1) is 8.97. The van der Waals surface area contributed by atoms with Gasteiger partial charge < -0.3 is 16.8 Å². The van der Waals surface area contributed by atoms with E-state index in [0.29, 0.717) is 11.3 Å². The average Bonchev–Trinajstić information content (AvgIpc) is 2.37. The molecule has 1 aromatic rings. The highest BCUT2D eigenvalue weighted by atomic mass is 19.1. The maximum Gasteiger partial charge on any atom is 0.248 e. The van der Waals surface area contributed by atoms with E-state index >= 15 is 0 Å². The Balaban J connectivity index is 2.17. The second-order valence-electron chi connectivity index (χ2n) is 5.25. The van der Waals surface area contributed by atoms with E-state index in [1.165, 1.54) is 6.07 Å². The highest BCUT2D eigenvalue weighted by molar-refractivity contribution is 5.94. The normalized spacial score (nSPS) is 23.1. The highest BCUT2D eigenvalue weighted by Gasteiger charge is 2.20. The van der Waals surface area contributed by atoms with Crippen molar-refractivity contribution in [3.8, 4) is 0 Å². The number of primary amides is 1. The van der Waals surface area contributed by atoms with Crippen LogP contribution in [0.5, 0.6) is 0 Å². The Labute approximate surface area is 112 Å². The molecule has 2 rings (SSSR count). The van der Waals surface area contributed by atoms with Gasteiger partial charge in [-0.3, -0.25) is 4.79 Å².